The zero-order valence-electron chi connectivity index (χ0n) is 8.33. The molecule has 0 amide bonds. The third kappa shape index (κ3) is 1.05. The molecule has 0 fully saturated rings. The maximum absolute atomic E-state index is 6.00. The molecule has 0 heterocycles. The van der Waals surface area contributed by atoms with Crippen molar-refractivity contribution < 1.29 is 0 Å². The van der Waals surface area contributed by atoms with Crippen molar-refractivity contribution in [2.75, 3.05) is 11.5 Å². The summed E-state index contributed by atoms with van der Waals surface area (Å²) in [4.78, 5) is 0. The van der Waals surface area contributed by atoms with Gasteiger partial charge in [0.05, 0.1) is 0 Å². The summed E-state index contributed by atoms with van der Waals surface area (Å²) in [5.41, 5.74) is 18.5. The molecule has 0 radical (unpaired) electrons. The van der Waals surface area contributed by atoms with E-state index in [4.69, 9.17) is 11.5 Å². The molecule has 15 heavy (non-hydrogen) atoms. The molecule has 2 aromatic rings. The molecule has 1 aliphatic carbocycles. The molecular weight excluding hydrogens is 184 g/mol. The van der Waals surface area contributed by atoms with Gasteiger partial charge in [0.2, 0.25) is 0 Å². The van der Waals surface area contributed by atoms with Crippen molar-refractivity contribution in [3.05, 3.63) is 47.5 Å². The molecule has 0 aromatic heterocycles. The smallest absolute Gasteiger partial charge is 0.0397 e. The second-order valence-electron chi connectivity index (χ2n) is 3.94. The van der Waals surface area contributed by atoms with Gasteiger partial charge in [-0.2, -0.15) is 0 Å². The minimum atomic E-state index is 0.823. The molecule has 0 bridgehead atoms. The number of rotatable bonds is 0. The summed E-state index contributed by atoms with van der Waals surface area (Å²) in [6.45, 7) is 0. The third-order valence-electron chi connectivity index (χ3n) is 3.00. The first-order chi connectivity index (χ1) is 7.27. The third-order valence-corrected chi connectivity index (χ3v) is 3.00. The van der Waals surface area contributed by atoms with Crippen LogP contribution in [0.25, 0.3) is 11.1 Å². The number of nitrogen functional groups attached to an aromatic ring is 2. The standard InChI is InChI=1S/C13H12N2/c14-10-5-1-3-8-7-9-4-2-6-11(15)13(9)12(8)10/h1-6H,7,14-15H2. The van der Waals surface area contributed by atoms with Gasteiger partial charge in [0, 0.05) is 22.5 Å². The quantitative estimate of drug-likeness (QED) is 0.542. The summed E-state index contributed by atoms with van der Waals surface area (Å²) < 4.78 is 0. The fourth-order valence-electron chi connectivity index (χ4n) is 2.35. The molecule has 0 saturated carbocycles. The van der Waals surface area contributed by atoms with Crippen LogP contribution in [0.4, 0.5) is 11.4 Å². The minimum Gasteiger partial charge on any atom is -0.398 e. The van der Waals surface area contributed by atoms with Crippen LogP contribution in [0.15, 0.2) is 36.4 Å². The normalized spacial score (nSPS) is 12.3. The van der Waals surface area contributed by atoms with E-state index in [1.165, 1.54) is 11.1 Å². The van der Waals surface area contributed by atoms with E-state index < -0.39 is 0 Å². The lowest BCUT2D eigenvalue weighted by Crippen LogP contribution is -1.93. The fraction of sp³-hybridized carbons (Fsp3) is 0.0769. The Morgan fingerprint density at radius 1 is 0.733 bits per heavy atom. The Balaban J connectivity index is 2.39. The van der Waals surface area contributed by atoms with Crippen LogP contribution in [-0.4, -0.2) is 0 Å². The van der Waals surface area contributed by atoms with Crippen LogP contribution in [0.3, 0.4) is 0 Å². The van der Waals surface area contributed by atoms with E-state index in [2.05, 4.69) is 12.1 Å². The van der Waals surface area contributed by atoms with Crippen LogP contribution < -0.4 is 11.5 Å². The fourth-order valence-corrected chi connectivity index (χ4v) is 2.35. The molecule has 0 unspecified atom stereocenters. The van der Waals surface area contributed by atoms with Gasteiger partial charge >= 0.3 is 0 Å². The van der Waals surface area contributed by atoms with Crippen molar-refractivity contribution in [2.24, 2.45) is 0 Å². The number of anilines is 2. The van der Waals surface area contributed by atoms with Gasteiger partial charge < -0.3 is 11.5 Å². The van der Waals surface area contributed by atoms with Gasteiger partial charge in [0.1, 0.15) is 0 Å². The van der Waals surface area contributed by atoms with Crippen molar-refractivity contribution in [3.63, 3.8) is 0 Å². The van der Waals surface area contributed by atoms with E-state index in [9.17, 15) is 0 Å². The van der Waals surface area contributed by atoms with Crippen LogP contribution in [0.1, 0.15) is 11.1 Å². The maximum atomic E-state index is 6.00. The molecule has 3 rings (SSSR count). The molecule has 74 valence electrons. The van der Waals surface area contributed by atoms with E-state index in [1.54, 1.807) is 0 Å². The summed E-state index contributed by atoms with van der Waals surface area (Å²) in [5, 5.41) is 0. The average molecular weight is 196 g/mol. The predicted octanol–water partition coefficient (Wildman–Crippen LogP) is 2.42. The van der Waals surface area contributed by atoms with Crippen molar-refractivity contribution in [1.82, 2.24) is 0 Å². The van der Waals surface area contributed by atoms with E-state index in [0.717, 1.165) is 28.9 Å². The summed E-state index contributed by atoms with van der Waals surface area (Å²) in [7, 11) is 0. The maximum Gasteiger partial charge on any atom is 0.0397 e. The second kappa shape index (κ2) is 2.76. The van der Waals surface area contributed by atoms with Crippen LogP contribution in [0, 0.1) is 0 Å². The zero-order chi connectivity index (χ0) is 10.4. The minimum absolute atomic E-state index is 0.823. The van der Waals surface area contributed by atoms with Crippen LogP contribution in [-0.2, 0) is 6.42 Å². The molecular formula is C13H12N2. The number of hydrogen-bond donors (Lipinski definition) is 2. The van der Waals surface area contributed by atoms with Crippen molar-refractivity contribution in [3.8, 4) is 11.1 Å². The summed E-state index contributed by atoms with van der Waals surface area (Å²) in [6, 6.07) is 12.1. The lowest BCUT2D eigenvalue weighted by molar-refractivity contribution is 1.26. The van der Waals surface area contributed by atoms with Gasteiger partial charge in [-0.25, -0.2) is 0 Å². The average Bonchev–Trinajstić information content (AvgIpc) is 2.58. The van der Waals surface area contributed by atoms with E-state index in [-0.39, 0.29) is 0 Å². The Morgan fingerprint density at radius 2 is 1.20 bits per heavy atom. The SMILES string of the molecule is Nc1cccc2c1-c1c(N)cccc1C2. The van der Waals surface area contributed by atoms with E-state index in [1.807, 2.05) is 24.3 Å². The summed E-state index contributed by atoms with van der Waals surface area (Å²) in [5.74, 6) is 0. The first-order valence-electron chi connectivity index (χ1n) is 5.02. The highest BCUT2D eigenvalue weighted by molar-refractivity contribution is 5.92. The number of hydrogen-bond acceptors (Lipinski definition) is 2. The first kappa shape index (κ1) is 8.36. The van der Waals surface area contributed by atoms with E-state index in [0.29, 0.717) is 0 Å². The Labute approximate surface area is 88.5 Å². The highest BCUT2D eigenvalue weighted by atomic mass is 14.6. The van der Waals surface area contributed by atoms with Crippen molar-refractivity contribution >= 4 is 11.4 Å². The largest absolute Gasteiger partial charge is 0.398 e. The molecule has 2 aromatic carbocycles. The molecule has 2 heteroatoms. The Kier molecular flexibility index (Phi) is 1.54. The highest BCUT2D eigenvalue weighted by Crippen LogP contribution is 2.43. The topological polar surface area (TPSA) is 52.0 Å². The molecule has 1 aliphatic rings. The van der Waals surface area contributed by atoms with Crippen molar-refractivity contribution in [1.29, 1.82) is 0 Å². The lowest BCUT2D eigenvalue weighted by Gasteiger charge is -2.07. The Morgan fingerprint density at radius 3 is 1.67 bits per heavy atom. The molecule has 2 nitrogen and oxygen atoms in total. The Hall–Kier alpha value is -1.96. The lowest BCUT2D eigenvalue weighted by atomic mass is 10.0. The highest BCUT2D eigenvalue weighted by Gasteiger charge is 2.21. The monoisotopic (exact) mass is 196 g/mol. The summed E-state index contributed by atoms with van der Waals surface area (Å²) >= 11 is 0. The van der Waals surface area contributed by atoms with Gasteiger partial charge in [-0.15, -0.1) is 0 Å². The number of nitrogens with two attached hydrogens (primary N) is 2. The Bertz CT molecular complexity index is 495. The second-order valence-corrected chi connectivity index (χ2v) is 3.94. The number of benzene rings is 2. The van der Waals surface area contributed by atoms with Crippen LogP contribution in [0.2, 0.25) is 0 Å². The zero-order valence-corrected chi connectivity index (χ0v) is 8.33. The van der Waals surface area contributed by atoms with Gasteiger partial charge in [0.15, 0.2) is 0 Å². The first-order valence-corrected chi connectivity index (χ1v) is 5.02. The van der Waals surface area contributed by atoms with Crippen LogP contribution >= 0.6 is 0 Å². The van der Waals surface area contributed by atoms with Gasteiger partial charge in [-0.3, -0.25) is 0 Å². The predicted molar refractivity (Wildman–Crippen MR) is 63.5 cm³/mol. The van der Waals surface area contributed by atoms with Crippen LogP contribution in [0.5, 0.6) is 0 Å². The van der Waals surface area contributed by atoms with E-state index >= 15 is 0 Å². The van der Waals surface area contributed by atoms with Gasteiger partial charge in [-0.05, 0) is 29.7 Å². The van der Waals surface area contributed by atoms with Crippen molar-refractivity contribution in [2.45, 2.75) is 6.42 Å². The molecule has 0 saturated heterocycles. The molecule has 0 spiro atoms. The molecule has 0 aliphatic heterocycles. The number of fused-ring (bicyclic) bond motifs is 3. The molecule has 4 N–H and O–H groups in total. The van der Waals surface area contributed by atoms with Gasteiger partial charge in [0.25, 0.3) is 0 Å². The molecule has 0 atom stereocenters. The van der Waals surface area contributed by atoms with Gasteiger partial charge in [-0.1, -0.05) is 24.3 Å². The summed E-state index contributed by atoms with van der Waals surface area (Å²) in [6.07, 6.45) is 0.945.